The molecular formula is C57H39NO. The molecule has 59 heavy (non-hydrogen) atoms. The molecule has 1 heterocycles. The van der Waals surface area contributed by atoms with Gasteiger partial charge in [0.2, 0.25) is 0 Å². The number of fused-ring (bicyclic) bond motifs is 9. The normalized spacial score (nSPS) is 15.7. The molecule has 0 amide bonds. The van der Waals surface area contributed by atoms with Gasteiger partial charge in [-0.15, -0.1) is 0 Å². The number of furan rings is 1. The molecule has 0 aliphatic heterocycles. The first kappa shape index (κ1) is 33.7. The van der Waals surface area contributed by atoms with E-state index in [1.54, 1.807) is 0 Å². The fraction of sp³-hybridized carbons (Fsp3) is 0.0526. The summed E-state index contributed by atoms with van der Waals surface area (Å²) in [6, 6.07) is 80.2. The Morgan fingerprint density at radius 3 is 1.54 bits per heavy atom. The first-order valence-corrected chi connectivity index (χ1v) is 20.5. The van der Waals surface area contributed by atoms with Gasteiger partial charge >= 0.3 is 0 Å². The van der Waals surface area contributed by atoms with Crippen LogP contribution >= 0.6 is 0 Å². The van der Waals surface area contributed by atoms with Crippen LogP contribution in [0.25, 0.3) is 44.2 Å². The van der Waals surface area contributed by atoms with Crippen molar-refractivity contribution >= 4 is 39.0 Å². The maximum atomic E-state index is 6.56. The molecule has 278 valence electrons. The second kappa shape index (κ2) is 12.8. The first-order valence-electron chi connectivity index (χ1n) is 20.5. The van der Waals surface area contributed by atoms with Crippen molar-refractivity contribution in [2.24, 2.45) is 0 Å². The van der Waals surface area contributed by atoms with Crippen molar-refractivity contribution in [2.45, 2.75) is 17.8 Å². The van der Waals surface area contributed by atoms with Crippen LogP contribution in [0, 0.1) is 0 Å². The van der Waals surface area contributed by atoms with Crippen LogP contribution in [0.4, 0.5) is 17.1 Å². The molecule has 2 aliphatic carbocycles. The summed E-state index contributed by atoms with van der Waals surface area (Å²) in [6.07, 6.45) is 0. The van der Waals surface area contributed by atoms with Crippen LogP contribution in [0.5, 0.6) is 0 Å². The molecule has 12 rings (SSSR count). The van der Waals surface area contributed by atoms with E-state index in [0.29, 0.717) is 0 Å². The standard InChI is InChI=1S/C57H39NO/c1-56(38-18-5-2-6-19-38)48-27-14-11-24-43(48)45-34-32-41(36-50(45)56)58(52-29-17-31-54-55(52)47-26-13-16-30-53(47)59-54)42-33-35-46-44-25-12-15-28-49(44)57(51(46)37-42,39-20-7-3-8-21-39)40-22-9-4-10-23-40/h2-37H,1H3. The summed E-state index contributed by atoms with van der Waals surface area (Å²) in [5, 5.41) is 2.20. The Morgan fingerprint density at radius 1 is 0.373 bits per heavy atom. The van der Waals surface area contributed by atoms with Crippen molar-refractivity contribution in [1.29, 1.82) is 0 Å². The third-order valence-corrected chi connectivity index (χ3v) is 13.2. The number of para-hydroxylation sites is 1. The van der Waals surface area contributed by atoms with Gasteiger partial charge in [-0.2, -0.15) is 0 Å². The molecule has 1 aromatic heterocycles. The Hall–Kier alpha value is -7.42. The van der Waals surface area contributed by atoms with Gasteiger partial charge < -0.3 is 9.32 Å². The molecular weight excluding hydrogens is 715 g/mol. The van der Waals surface area contributed by atoms with Crippen molar-refractivity contribution in [3.05, 3.63) is 257 Å². The molecule has 0 bridgehead atoms. The van der Waals surface area contributed by atoms with E-state index in [2.05, 4.69) is 230 Å². The van der Waals surface area contributed by atoms with Crippen LogP contribution in [-0.4, -0.2) is 0 Å². The van der Waals surface area contributed by atoms with Gasteiger partial charge in [0.05, 0.1) is 16.5 Å². The Kier molecular flexibility index (Phi) is 7.31. The highest BCUT2D eigenvalue weighted by atomic mass is 16.3. The lowest BCUT2D eigenvalue weighted by atomic mass is 9.67. The second-order valence-corrected chi connectivity index (χ2v) is 16.1. The van der Waals surface area contributed by atoms with Crippen LogP contribution in [0.3, 0.4) is 0 Å². The minimum Gasteiger partial charge on any atom is -0.456 e. The van der Waals surface area contributed by atoms with Crippen molar-refractivity contribution in [3.63, 3.8) is 0 Å². The minimum atomic E-state index is -0.532. The van der Waals surface area contributed by atoms with E-state index >= 15 is 0 Å². The van der Waals surface area contributed by atoms with Crippen molar-refractivity contribution in [2.75, 3.05) is 4.90 Å². The maximum Gasteiger partial charge on any atom is 0.137 e. The van der Waals surface area contributed by atoms with E-state index in [1.165, 1.54) is 61.2 Å². The van der Waals surface area contributed by atoms with Crippen LogP contribution in [0.2, 0.25) is 0 Å². The lowest BCUT2D eigenvalue weighted by Crippen LogP contribution is -2.28. The number of hydrogen-bond acceptors (Lipinski definition) is 2. The molecule has 9 aromatic carbocycles. The summed E-state index contributed by atoms with van der Waals surface area (Å²) in [7, 11) is 0. The number of anilines is 3. The van der Waals surface area contributed by atoms with E-state index in [1.807, 2.05) is 0 Å². The highest BCUT2D eigenvalue weighted by Gasteiger charge is 2.46. The molecule has 2 heteroatoms. The molecule has 0 spiro atoms. The number of rotatable bonds is 6. The van der Waals surface area contributed by atoms with Crippen LogP contribution < -0.4 is 4.90 Å². The quantitative estimate of drug-likeness (QED) is 0.168. The van der Waals surface area contributed by atoms with E-state index in [4.69, 9.17) is 4.42 Å². The molecule has 0 fully saturated rings. The fourth-order valence-electron chi connectivity index (χ4n) is 10.6. The summed E-state index contributed by atoms with van der Waals surface area (Å²) in [5.41, 5.74) is 18.2. The largest absolute Gasteiger partial charge is 0.456 e. The maximum absolute atomic E-state index is 6.56. The van der Waals surface area contributed by atoms with Gasteiger partial charge in [-0.3, -0.25) is 0 Å². The van der Waals surface area contributed by atoms with E-state index < -0.39 is 5.41 Å². The summed E-state index contributed by atoms with van der Waals surface area (Å²) < 4.78 is 6.56. The summed E-state index contributed by atoms with van der Waals surface area (Å²) in [5.74, 6) is 0. The zero-order chi connectivity index (χ0) is 39.1. The molecule has 2 aliphatic rings. The molecule has 0 saturated carbocycles. The highest BCUT2D eigenvalue weighted by molar-refractivity contribution is 6.13. The Balaban J connectivity index is 1.16. The molecule has 10 aromatic rings. The summed E-state index contributed by atoms with van der Waals surface area (Å²) in [6.45, 7) is 2.39. The average molecular weight is 754 g/mol. The molecule has 1 atom stereocenters. The number of nitrogens with zero attached hydrogens (tertiary/aromatic N) is 1. The van der Waals surface area contributed by atoms with E-state index in [0.717, 1.165) is 39.0 Å². The summed E-state index contributed by atoms with van der Waals surface area (Å²) in [4.78, 5) is 2.48. The van der Waals surface area contributed by atoms with Crippen molar-refractivity contribution in [1.82, 2.24) is 0 Å². The smallest absolute Gasteiger partial charge is 0.137 e. The van der Waals surface area contributed by atoms with Crippen molar-refractivity contribution < 1.29 is 4.42 Å². The Morgan fingerprint density at radius 2 is 0.864 bits per heavy atom. The molecule has 1 unspecified atom stereocenters. The minimum absolute atomic E-state index is 0.349. The second-order valence-electron chi connectivity index (χ2n) is 16.1. The van der Waals surface area contributed by atoms with Gasteiger partial charge in [-0.1, -0.05) is 176 Å². The lowest BCUT2D eigenvalue weighted by Gasteiger charge is -2.35. The Bertz CT molecular complexity index is 3200. The predicted octanol–water partition coefficient (Wildman–Crippen LogP) is 14.8. The van der Waals surface area contributed by atoms with Gasteiger partial charge in [0.1, 0.15) is 11.2 Å². The van der Waals surface area contributed by atoms with Gasteiger partial charge in [-0.05, 0) is 111 Å². The third-order valence-electron chi connectivity index (χ3n) is 13.2. The first-order chi connectivity index (χ1) is 29.2. The van der Waals surface area contributed by atoms with Gasteiger partial charge in [0.15, 0.2) is 0 Å². The third kappa shape index (κ3) is 4.69. The molecule has 0 N–H and O–H groups in total. The SMILES string of the molecule is CC1(c2ccccc2)c2ccccc2-c2ccc(N(c3ccc4c(c3)C(c3ccccc3)(c3ccccc3)c3ccccc3-4)c3cccc4oc5ccccc5c34)cc21. The molecule has 0 radical (unpaired) electrons. The number of benzene rings is 9. The van der Waals surface area contributed by atoms with Crippen molar-refractivity contribution in [3.8, 4) is 22.3 Å². The molecule has 0 saturated heterocycles. The highest BCUT2D eigenvalue weighted by Crippen LogP contribution is 2.58. The fourth-order valence-corrected chi connectivity index (χ4v) is 10.6. The Labute approximate surface area is 344 Å². The molecule has 2 nitrogen and oxygen atoms in total. The topological polar surface area (TPSA) is 16.4 Å². The van der Waals surface area contributed by atoms with E-state index in [-0.39, 0.29) is 5.41 Å². The van der Waals surface area contributed by atoms with Crippen LogP contribution in [-0.2, 0) is 10.8 Å². The van der Waals surface area contributed by atoms with Gasteiger partial charge in [0.25, 0.3) is 0 Å². The zero-order valence-corrected chi connectivity index (χ0v) is 32.6. The van der Waals surface area contributed by atoms with E-state index in [9.17, 15) is 0 Å². The number of hydrogen-bond donors (Lipinski definition) is 0. The predicted molar refractivity (Wildman–Crippen MR) is 243 cm³/mol. The monoisotopic (exact) mass is 753 g/mol. The van der Waals surface area contributed by atoms with Gasteiger partial charge in [-0.25, -0.2) is 0 Å². The average Bonchev–Trinajstić information content (AvgIpc) is 3.92. The van der Waals surface area contributed by atoms with Crippen LogP contribution in [0.15, 0.2) is 223 Å². The lowest BCUT2D eigenvalue weighted by molar-refractivity contribution is 0.669. The zero-order valence-electron chi connectivity index (χ0n) is 32.6. The van der Waals surface area contributed by atoms with Crippen LogP contribution in [0.1, 0.15) is 45.9 Å². The van der Waals surface area contributed by atoms with Gasteiger partial charge in [0, 0.05) is 22.2 Å². The summed E-state index contributed by atoms with van der Waals surface area (Å²) >= 11 is 0.